The van der Waals surface area contributed by atoms with Crippen molar-refractivity contribution in [2.75, 3.05) is 19.8 Å². The van der Waals surface area contributed by atoms with Crippen molar-refractivity contribution in [1.82, 2.24) is 0 Å². The molecule has 0 aliphatic rings. The van der Waals surface area contributed by atoms with Crippen LogP contribution in [0.2, 0.25) is 0 Å². The minimum absolute atomic E-state index is 0.361. The van der Waals surface area contributed by atoms with Gasteiger partial charge in [0.1, 0.15) is 5.75 Å². The van der Waals surface area contributed by atoms with Gasteiger partial charge in [-0.1, -0.05) is 0 Å². The Balaban J connectivity index is 2.77. The summed E-state index contributed by atoms with van der Waals surface area (Å²) in [6.45, 7) is 0.630. The maximum absolute atomic E-state index is 11.9. The summed E-state index contributed by atoms with van der Waals surface area (Å²) >= 11 is 6.86. The maximum atomic E-state index is 11.9. The highest BCUT2D eigenvalue weighted by atomic mass is 79.9. The van der Waals surface area contributed by atoms with Crippen LogP contribution in [0.5, 0.6) is 5.75 Å². The molecular formula is C11H14Br2FNO. The summed E-state index contributed by atoms with van der Waals surface area (Å²) in [5, 5.41) is 0. The molecule has 0 aliphatic carbocycles. The average molecular weight is 355 g/mol. The van der Waals surface area contributed by atoms with Crippen LogP contribution in [0, 0.1) is 0 Å². The monoisotopic (exact) mass is 353 g/mol. The third kappa shape index (κ3) is 4.03. The van der Waals surface area contributed by atoms with Crippen molar-refractivity contribution >= 4 is 31.9 Å². The largest absolute Gasteiger partial charge is 0.491 e. The summed E-state index contributed by atoms with van der Waals surface area (Å²) in [6.07, 6.45) is 1.23. The van der Waals surface area contributed by atoms with Crippen molar-refractivity contribution in [2.24, 2.45) is 5.73 Å². The van der Waals surface area contributed by atoms with Gasteiger partial charge >= 0.3 is 0 Å². The average Bonchev–Trinajstić information content (AvgIpc) is 2.23. The molecule has 0 bridgehead atoms. The first-order chi connectivity index (χ1) is 7.69. The van der Waals surface area contributed by atoms with E-state index in [-0.39, 0.29) is 6.67 Å². The third-order valence-electron chi connectivity index (χ3n) is 2.02. The summed E-state index contributed by atoms with van der Waals surface area (Å²) in [7, 11) is 0. The first kappa shape index (κ1) is 13.9. The molecule has 1 aromatic rings. The minimum Gasteiger partial charge on any atom is -0.491 e. The number of alkyl halides is 1. The SMILES string of the molecule is NCCc1cc(Br)c(OCCCF)c(Br)c1. The molecule has 16 heavy (non-hydrogen) atoms. The third-order valence-corrected chi connectivity index (χ3v) is 3.19. The molecule has 0 aliphatic heterocycles. The summed E-state index contributed by atoms with van der Waals surface area (Å²) in [4.78, 5) is 0. The van der Waals surface area contributed by atoms with E-state index < -0.39 is 0 Å². The van der Waals surface area contributed by atoms with Gasteiger partial charge in [-0.2, -0.15) is 0 Å². The van der Waals surface area contributed by atoms with Crippen LogP contribution in [0.4, 0.5) is 4.39 Å². The minimum atomic E-state index is -0.361. The highest BCUT2D eigenvalue weighted by Crippen LogP contribution is 2.34. The Kier molecular flexibility index (Phi) is 6.31. The molecule has 0 aromatic heterocycles. The molecule has 2 nitrogen and oxygen atoms in total. The lowest BCUT2D eigenvalue weighted by atomic mass is 10.1. The van der Waals surface area contributed by atoms with Crippen LogP contribution in [0.1, 0.15) is 12.0 Å². The first-order valence-corrected chi connectivity index (χ1v) is 6.64. The van der Waals surface area contributed by atoms with E-state index >= 15 is 0 Å². The predicted molar refractivity (Wildman–Crippen MR) is 70.7 cm³/mol. The molecule has 2 N–H and O–H groups in total. The zero-order chi connectivity index (χ0) is 12.0. The van der Waals surface area contributed by atoms with Gasteiger partial charge in [0.05, 0.1) is 22.2 Å². The lowest BCUT2D eigenvalue weighted by Crippen LogP contribution is -2.04. The molecule has 5 heteroatoms. The van der Waals surface area contributed by atoms with E-state index in [0.29, 0.717) is 25.3 Å². The Morgan fingerprint density at radius 1 is 1.25 bits per heavy atom. The molecule has 0 spiro atoms. The molecule has 0 unspecified atom stereocenters. The van der Waals surface area contributed by atoms with Crippen molar-refractivity contribution in [3.8, 4) is 5.75 Å². The fourth-order valence-corrected chi connectivity index (χ4v) is 2.80. The lowest BCUT2D eigenvalue weighted by Gasteiger charge is -2.11. The summed E-state index contributed by atoms with van der Waals surface area (Å²) in [6, 6.07) is 3.95. The number of nitrogens with two attached hydrogens (primary N) is 1. The molecular weight excluding hydrogens is 341 g/mol. The fraction of sp³-hybridized carbons (Fsp3) is 0.455. The van der Waals surface area contributed by atoms with Crippen LogP contribution in [0.15, 0.2) is 21.1 Å². The van der Waals surface area contributed by atoms with Crippen LogP contribution in [-0.2, 0) is 6.42 Å². The van der Waals surface area contributed by atoms with Crippen LogP contribution < -0.4 is 10.5 Å². The van der Waals surface area contributed by atoms with Crippen molar-refractivity contribution in [3.05, 3.63) is 26.6 Å². The number of ether oxygens (including phenoxy) is 1. The molecule has 0 fully saturated rings. The number of hydrogen-bond donors (Lipinski definition) is 1. The highest BCUT2D eigenvalue weighted by molar-refractivity contribution is 9.11. The van der Waals surface area contributed by atoms with E-state index in [1.54, 1.807) is 0 Å². The van der Waals surface area contributed by atoms with Gasteiger partial charge < -0.3 is 10.5 Å². The molecule has 0 atom stereocenters. The Labute approximate surface area is 112 Å². The van der Waals surface area contributed by atoms with Gasteiger partial charge in [0.2, 0.25) is 0 Å². The fourth-order valence-electron chi connectivity index (χ4n) is 1.29. The summed E-state index contributed by atoms with van der Waals surface area (Å²) in [5.41, 5.74) is 6.63. The topological polar surface area (TPSA) is 35.2 Å². The van der Waals surface area contributed by atoms with Crippen LogP contribution in [0.3, 0.4) is 0 Å². The highest BCUT2D eigenvalue weighted by Gasteiger charge is 2.08. The van der Waals surface area contributed by atoms with E-state index in [1.807, 2.05) is 12.1 Å². The molecule has 90 valence electrons. The number of benzene rings is 1. The Morgan fingerprint density at radius 3 is 2.38 bits per heavy atom. The molecule has 0 heterocycles. The van der Waals surface area contributed by atoms with Crippen LogP contribution in [-0.4, -0.2) is 19.8 Å². The quantitative estimate of drug-likeness (QED) is 0.794. The van der Waals surface area contributed by atoms with Gasteiger partial charge in [0, 0.05) is 6.42 Å². The summed E-state index contributed by atoms with van der Waals surface area (Å²) in [5.74, 6) is 0.717. The standard InChI is InChI=1S/C11H14Br2FNO/c12-9-6-8(2-4-15)7-10(13)11(9)16-5-1-3-14/h6-7H,1-5,15H2. The van der Waals surface area contributed by atoms with E-state index in [9.17, 15) is 4.39 Å². The van der Waals surface area contributed by atoms with Crippen LogP contribution in [0.25, 0.3) is 0 Å². The lowest BCUT2D eigenvalue weighted by molar-refractivity contribution is 0.286. The molecule has 0 saturated carbocycles. The van der Waals surface area contributed by atoms with Gasteiger partial charge in [-0.3, -0.25) is 4.39 Å². The number of halogens is 3. The van der Waals surface area contributed by atoms with Gasteiger partial charge in [0.15, 0.2) is 0 Å². The Morgan fingerprint density at radius 2 is 1.88 bits per heavy atom. The summed E-state index contributed by atoms with van der Waals surface area (Å²) < 4.78 is 19.2. The van der Waals surface area contributed by atoms with Gasteiger partial charge in [-0.05, 0) is 62.5 Å². The zero-order valence-corrected chi connectivity index (χ0v) is 12.0. The van der Waals surface area contributed by atoms with Crippen LogP contribution >= 0.6 is 31.9 Å². The van der Waals surface area contributed by atoms with Gasteiger partial charge in [-0.25, -0.2) is 0 Å². The number of hydrogen-bond acceptors (Lipinski definition) is 2. The zero-order valence-electron chi connectivity index (χ0n) is 8.81. The van der Waals surface area contributed by atoms with Crippen molar-refractivity contribution < 1.29 is 9.13 Å². The van der Waals surface area contributed by atoms with Crippen molar-refractivity contribution in [1.29, 1.82) is 0 Å². The molecule has 0 saturated heterocycles. The number of rotatable bonds is 6. The van der Waals surface area contributed by atoms with E-state index in [1.165, 1.54) is 0 Å². The second kappa shape index (κ2) is 7.25. The van der Waals surface area contributed by atoms with E-state index in [0.717, 1.165) is 20.9 Å². The van der Waals surface area contributed by atoms with Crippen molar-refractivity contribution in [2.45, 2.75) is 12.8 Å². The van der Waals surface area contributed by atoms with Crippen molar-refractivity contribution in [3.63, 3.8) is 0 Å². The predicted octanol–water partition coefficient (Wildman–Crippen LogP) is 3.45. The second-order valence-electron chi connectivity index (χ2n) is 3.32. The Hall–Kier alpha value is -0.130. The maximum Gasteiger partial charge on any atom is 0.147 e. The normalized spacial score (nSPS) is 10.5. The Bertz CT molecular complexity index is 324. The molecule has 0 amide bonds. The van der Waals surface area contributed by atoms with Gasteiger partial charge in [-0.15, -0.1) is 0 Å². The molecule has 1 rings (SSSR count). The first-order valence-electron chi connectivity index (χ1n) is 5.05. The van der Waals surface area contributed by atoms with Gasteiger partial charge in [0.25, 0.3) is 0 Å². The van der Waals surface area contributed by atoms with E-state index in [2.05, 4.69) is 31.9 Å². The van der Waals surface area contributed by atoms with E-state index in [4.69, 9.17) is 10.5 Å². The molecule has 1 aromatic carbocycles. The smallest absolute Gasteiger partial charge is 0.147 e. The molecule has 0 radical (unpaired) electrons. The second-order valence-corrected chi connectivity index (χ2v) is 5.03.